The van der Waals surface area contributed by atoms with Gasteiger partial charge < -0.3 is 10.4 Å². The summed E-state index contributed by atoms with van der Waals surface area (Å²) in [4.78, 5) is 22.6. The maximum absolute atomic E-state index is 11.8. The molecule has 0 spiro atoms. The highest BCUT2D eigenvalue weighted by Gasteiger charge is 2.18. The van der Waals surface area contributed by atoms with E-state index in [9.17, 15) is 9.59 Å². The Bertz CT molecular complexity index is 443. The number of aliphatic carboxylic acids is 1. The Morgan fingerprint density at radius 3 is 2.26 bits per heavy atom. The van der Waals surface area contributed by atoms with E-state index in [-0.39, 0.29) is 18.2 Å². The van der Waals surface area contributed by atoms with Gasteiger partial charge in [0.2, 0.25) is 5.91 Å². The van der Waals surface area contributed by atoms with Gasteiger partial charge >= 0.3 is 5.97 Å². The predicted octanol–water partition coefficient (Wildman–Crippen LogP) is 3.02. The SMILES string of the molecule is CC(C)CC(=O)N[C@H](CC(=O)O)c1ccc(Cl)cc1. The molecule has 1 aromatic rings. The summed E-state index contributed by atoms with van der Waals surface area (Å²) in [5.41, 5.74) is 0.740. The number of amides is 1. The number of rotatable bonds is 6. The van der Waals surface area contributed by atoms with Crippen molar-refractivity contribution in [2.75, 3.05) is 0 Å². The fraction of sp³-hybridized carbons (Fsp3) is 0.429. The van der Waals surface area contributed by atoms with E-state index in [0.717, 1.165) is 5.56 Å². The number of carbonyl (C=O) groups excluding carboxylic acids is 1. The lowest BCUT2D eigenvalue weighted by Gasteiger charge is -2.18. The van der Waals surface area contributed by atoms with Gasteiger partial charge in [-0.05, 0) is 23.6 Å². The van der Waals surface area contributed by atoms with Crippen molar-refractivity contribution in [2.24, 2.45) is 5.92 Å². The van der Waals surface area contributed by atoms with Crippen molar-refractivity contribution < 1.29 is 14.7 Å². The van der Waals surface area contributed by atoms with Gasteiger partial charge in [-0.1, -0.05) is 37.6 Å². The second kappa shape index (κ2) is 7.14. The minimum absolute atomic E-state index is 0.142. The number of benzene rings is 1. The normalized spacial score (nSPS) is 12.2. The Balaban J connectivity index is 2.79. The Hall–Kier alpha value is -1.55. The quantitative estimate of drug-likeness (QED) is 0.843. The van der Waals surface area contributed by atoms with E-state index in [1.165, 1.54) is 0 Å². The molecule has 4 nitrogen and oxygen atoms in total. The van der Waals surface area contributed by atoms with Gasteiger partial charge in [0.1, 0.15) is 0 Å². The third-order valence-corrected chi connectivity index (χ3v) is 2.83. The van der Waals surface area contributed by atoms with E-state index in [4.69, 9.17) is 16.7 Å². The monoisotopic (exact) mass is 283 g/mol. The van der Waals surface area contributed by atoms with Crippen LogP contribution in [0.15, 0.2) is 24.3 Å². The number of carboxylic acid groups (broad SMARTS) is 1. The van der Waals surface area contributed by atoms with Gasteiger partial charge in [0.05, 0.1) is 12.5 Å². The number of hydrogen-bond acceptors (Lipinski definition) is 2. The molecule has 19 heavy (non-hydrogen) atoms. The zero-order chi connectivity index (χ0) is 14.4. The van der Waals surface area contributed by atoms with Gasteiger partial charge in [0.25, 0.3) is 0 Å². The topological polar surface area (TPSA) is 66.4 Å². The number of hydrogen-bond donors (Lipinski definition) is 2. The van der Waals surface area contributed by atoms with E-state index in [1.54, 1.807) is 24.3 Å². The largest absolute Gasteiger partial charge is 0.481 e. The second-order valence-corrected chi connectivity index (χ2v) is 5.30. The van der Waals surface area contributed by atoms with Crippen LogP contribution in [0.3, 0.4) is 0 Å². The maximum Gasteiger partial charge on any atom is 0.305 e. The fourth-order valence-corrected chi connectivity index (χ4v) is 1.87. The summed E-state index contributed by atoms with van der Waals surface area (Å²) in [5.74, 6) is -0.864. The van der Waals surface area contributed by atoms with Crippen LogP contribution in [0.25, 0.3) is 0 Å². The molecule has 2 N–H and O–H groups in total. The van der Waals surface area contributed by atoms with E-state index < -0.39 is 12.0 Å². The smallest absolute Gasteiger partial charge is 0.305 e. The standard InChI is InChI=1S/C14H18ClNO3/c1-9(2)7-13(17)16-12(8-14(18)19)10-3-5-11(15)6-4-10/h3-6,9,12H,7-8H2,1-2H3,(H,16,17)(H,18,19)/t12-/m1/s1. The Kier molecular flexibility index (Phi) is 5.83. The first-order valence-corrected chi connectivity index (χ1v) is 6.53. The minimum atomic E-state index is -0.954. The van der Waals surface area contributed by atoms with Crippen molar-refractivity contribution in [2.45, 2.75) is 32.7 Å². The van der Waals surface area contributed by atoms with Crippen LogP contribution in [-0.2, 0) is 9.59 Å². The molecule has 1 aromatic carbocycles. The molecule has 0 saturated carbocycles. The molecule has 0 fully saturated rings. The molecule has 0 aromatic heterocycles. The number of halogens is 1. The van der Waals surface area contributed by atoms with Gasteiger partial charge in [-0.2, -0.15) is 0 Å². The van der Waals surface area contributed by atoms with Crippen LogP contribution >= 0.6 is 11.6 Å². The zero-order valence-corrected chi connectivity index (χ0v) is 11.8. The maximum atomic E-state index is 11.8. The lowest BCUT2D eigenvalue weighted by atomic mass is 10.0. The molecule has 0 unspecified atom stereocenters. The molecule has 104 valence electrons. The number of nitrogens with one attached hydrogen (secondary N) is 1. The van der Waals surface area contributed by atoms with Crippen LogP contribution < -0.4 is 5.32 Å². The van der Waals surface area contributed by atoms with Crippen LogP contribution in [0.1, 0.15) is 38.3 Å². The van der Waals surface area contributed by atoms with Gasteiger partial charge in [0, 0.05) is 11.4 Å². The molecule has 1 amide bonds. The van der Waals surface area contributed by atoms with Crippen molar-refractivity contribution in [1.29, 1.82) is 0 Å². The van der Waals surface area contributed by atoms with Crippen molar-refractivity contribution in [3.05, 3.63) is 34.9 Å². The predicted molar refractivity (Wildman–Crippen MR) is 74.0 cm³/mol. The number of carbonyl (C=O) groups is 2. The summed E-state index contributed by atoms with van der Waals surface area (Å²) in [6.45, 7) is 3.88. The van der Waals surface area contributed by atoms with Gasteiger partial charge in [0.15, 0.2) is 0 Å². The van der Waals surface area contributed by atoms with Crippen LogP contribution in [0.2, 0.25) is 5.02 Å². The summed E-state index contributed by atoms with van der Waals surface area (Å²) in [6, 6.07) is 6.29. The average Bonchev–Trinajstić information content (AvgIpc) is 2.27. The first-order valence-electron chi connectivity index (χ1n) is 6.15. The van der Waals surface area contributed by atoms with Crippen molar-refractivity contribution in [3.63, 3.8) is 0 Å². The molecular weight excluding hydrogens is 266 g/mol. The molecule has 0 heterocycles. The summed E-state index contributed by atoms with van der Waals surface area (Å²) < 4.78 is 0. The average molecular weight is 284 g/mol. The van der Waals surface area contributed by atoms with E-state index in [0.29, 0.717) is 11.4 Å². The second-order valence-electron chi connectivity index (χ2n) is 4.87. The molecular formula is C14H18ClNO3. The third-order valence-electron chi connectivity index (χ3n) is 2.58. The molecule has 5 heteroatoms. The van der Waals surface area contributed by atoms with Gasteiger partial charge in [-0.25, -0.2) is 0 Å². The van der Waals surface area contributed by atoms with Crippen LogP contribution in [0, 0.1) is 5.92 Å². The van der Waals surface area contributed by atoms with Crippen molar-refractivity contribution in [3.8, 4) is 0 Å². The highest BCUT2D eigenvalue weighted by Crippen LogP contribution is 2.20. The first kappa shape index (κ1) is 15.5. The highest BCUT2D eigenvalue weighted by molar-refractivity contribution is 6.30. The van der Waals surface area contributed by atoms with E-state index in [1.807, 2.05) is 13.8 Å². The van der Waals surface area contributed by atoms with Crippen molar-refractivity contribution >= 4 is 23.5 Å². The molecule has 0 aliphatic heterocycles. The highest BCUT2D eigenvalue weighted by atomic mass is 35.5. The summed E-state index contributed by atoms with van der Waals surface area (Å²) in [6.07, 6.45) is 0.231. The van der Waals surface area contributed by atoms with Crippen LogP contribution in [0.4, 0.5) is 0 Å². The Labute approximate surface area is 117 Å². The molecule has 1 atom stereocenters. The Morgan fingerprint density at radius 2 is 1.79 bits per heavy atom. The van der Waals surface area contributed by atoms with Crippen molar-refractivity contribution in [1.82, 2.24) is 5.32 Å². The summed E-state index contributed by atoms with van der Waals surface area (Å²) in [7, 11) is 0. The lowest BCUT2D eigenvalue weighted by Crippen LogP contribution is -2.30. The van der Waals surface area contributed by atoms with E-state index >= 15 is 0 Å². The first-order chi connectivity index (χ1) is 8.88. The minimum Gasteiger partial charge on any atom is -0.481 e. The van der Waals surface area contributed by atoms with Crippen LogP contribution in [0.5, 0.6) is 0 Å². The molecule has 0 radical (unpaired) electrons. The summed E-state index contributed by atoms with van der Waals surface area (Å²) >= 11 is 5.79. The van der Waals surface area contributed by atoms with Gasteiger partial charge in [-0.15, -0.1) is 0 Å². The number of carboxylic acids is 1. The van der Waals surface area contributed by atoms with Gasteiger partial charge in [-0.3, -0.25) is 9.59 Å². The molecule has 0 aliphatic carbocycles. The molecule has 0 bridgehead atoms. The van der Waals surface area contributed by atoms with E-state index in [2.05, 4.69) is 5.32 Å². The molecule has 0 aliphatic rings. The third kappa shape index (κ3) is 5.75. The zero-order valence-electron chi connectivity index (χ0n) is 11.0. The van der Waals surface area contributed by atoms with Crippen LogP contribution in [-0.4, -0.2) is 17.0 Å². The Morgan fingerprint density at radius 1 is 1.21 bits per heavy atom. The fourth-order valence-electron chi connectivity index (χ4n) is 1.75. The molecule has 1 rings (SSSR count). The molecule has 0 saturated heterocycles. The lowest BCUT2D eigenvalue weighted by molar-refractivity contribution is -0.137. The summed E-state index contributed by atoms with van der Waals surface area (Å²) in [5, 5.41) is 12.2.